The van der Waals surface area contributed by atoms with Crippen molar-refractivity contribution in [3.63, 3.8) is 0 Å². The first-order valence-electron chi connectivity index (χ1n) is 9.31. The first-order valence-corrected chi connectivity index (χ1v) is 11.5. The van der Waals surface area contributed by atoms with E-state index in [1.807, 2.05) is 6.07 Å². The lowest BCUT2D eigenvalue weighted by Crippen LogP contribution is -2.33. The molecule has 1 saturated heterocycles. The quantitative estimate of drug-likeness (QED) is 0.455. The lowest BCUT2D eigenvalue weighted by atomic mass is 10.2. The van der Waals surface area contributed by atoms with Gasteiger partial charge in [-0.2, -0.15) is 8.42 Å². The lowest BCUT2D eigenvalue weighted by Gasteiger charge is -2.13. The summed E-state index contributed by atoms with van der Waals surface area (Å²) in [4.78, 5) is 25.7. The van der Waals surface area contributed by atoms with Crippen LogP contribution in [0.25, 0.3) is 6.08 Å². The molecule has 0 bridgehead atoms. The van der Waals surface area contributed by atoms with Crippen LogP contribution in [0.4, 0.5) is 4.79 Å². The molecule has 2 N–H and O–H groups in total. The molecule has 0 saturated carbocycles. The first-order chi connectivity index (χ1) is 14.7. The molecule has 0 unspecified atom stereocenters. The summed E-state index contributed by atoms with van der Waals surface area (Å²) >= 11 is 0.819. The van der Waals surface area contributed by atoms with Crippen LogP contribution in [0.5, 0.6) is 11.5 Å². The minimum absolute atomic E-state index is 0. The highest BCUT2D eigenvalue weighted by Gasteiger charge is 2.34. The van der Waals surface area contributed by atoms with Crippen molar-refractivity contribution in [1.29, 1.82) is 0 Å². The predicted molar refractivity (Wildman–Crippen MR) is 126 cm³/mol. The number of benzene rings is 2. The Morgan fingerprint density at radius 3 is 2.47 bits per heavy atom. The summed E-state index contributed by atoms with van der Waals surface area (Å²) in [6, 6.07) is 9.63. The van der Waals surface area contributed by atoms with Crippen LogP contribution >= 0.6 is 24.2 Å². The third-order valence-electron chi connectivity index (χ3n) is 4.52. The number of carbonyl (C=O) groups excluding carboxylic acids is 2. The third-order valence-corrected chi connectivity index (χ3v) is 6.81. The topological polar surface area (TPSA) is 116 Å². The van der Waals surface area contributed by atoms with E-state index in [4.69, 9.17) is 14.7 Å². The zero-order valence-corrected chi connectivity index (χ0v) is 20.1. The number of hydrogen-bond donors (Lipinski definition) is 1. The van der Waals surface area contributed by atoms with E-state index in [-0.39, 0.29) is 52.0 Å². The van der Waals surface area contributed by atoms with Gasteiger partial charge in [-0.15, -0.1) is 12.4 Å². The number of nitrogens with two attached hydrogens (primary N) is 1. The van der Waals surface area contributed by atoms with Crippen LogP contribution in [0, 0.1) is 13.8 Å². The summed E-state index contributed by atoms with van der Waals surface area (Å²) in [5.41, 5.74) is 7.34. The minimum Gasteiger partial charge on any atom is -0.493 e. The Balaban J connectivity index is 0.00000363. The molecule has 2 aromatic rings. The number of aryl methyl sites for hydroxylation is 2. The second-order valence-corrected chi connectivity index (χ2v) is 9.35. The second-order valence-electron chi connectivity index (χ2n) is 6.84. The summed E-state index contributed by atoms with van der Waals surface area (Å²) < 4.78 is 36.2. The van der Waals surface area contributed by atoms with Crippen LogP contribution in [0.15, 0.2) is 46.2 Å². The standard InChI is InChI=1S/C21H22N2O6S2.ClH/c1-13-4-5-14(2)19(10-13)31(26,27)29-16-7-6-15(11-17(16)28-3)12-18-20(24)23(9-8-22)21(25)30-18;/h4-7,10-12H,8-9,22H2,1-3H3;1H/b18-12+;. The molecule has 1 aliphatic heterocycles. The Morgan fingerprint density at radius 2 is 1.81 bits per heavy atom. The molecule has 1 aliphatic rings. The third kappa shape index (κ3) is 5.44. The van der Waals surface area contributed by atoms with Gasteiger partial charge in [-0.25, -0.2) is 0 Å². The van der Waals surface area contributed by atoms with Crippen LogP contribution in [0.3, 0.4) is 0 Å². The van der Waals surface area contributed by atoms with E-state index >= 15 is 0 Å². The van der Waals surface area contributed by atoms with E-state index < -0.39 is 16.0 Å². The van der Waals surface area contributed by atoms with Crippen LogP contribution in [0.2, 0.25) is 0 Å². The number of nitrogens with zero attached hydrogens (tertiary/aromatic N) is 1. The zero-order chi connectivity index (χ0) is 22.8. The minimum atomic E-state index is -4.08. The maximum Gasteiger partial charge on any atom is 0.339 e. The van der Waals surface area contributed by atoms with Gasteiger partial charge in [0.2, 0.25) is 0 Å². The molecule has 2 amide bonds. The molecule has 8 nitrogen and oxygen atoms in total. The Kier molecular flexibility index (Phi) is 8.35. The van der Waals surface area contributed by atoms with Gasteiger partial charge in [-0.05, 0) is 66.6 Å². The fourth-order valence-electron chi connectivity index (χ4n) is 2.96. The fraction of sp³-hybridized carbons (Fsp3) is 0.238. The summed E-state index contributed by atoms with van der Waals surface area (Å²) in [6.45, 7) is 3.81. The summed E-state index contributed by atoms with van der Waals surface area (Å²) in [5.74, 6) is -0.238. The SMILES string of the molecule is COc1cc(/C=C2/SC(=O)N(CCN)C2=O)ccc1OS(=O)(=O)c1cc(C)ccc1C.Cl. The number of hydrogen-bond acceptors (Lipinski definition) is 8. The monoisotopic (exact) mass is 498 g/mol. The molecule has 0 spiro atoms. The van der Waals surface area contributed by atoms with Crippen LogP contribution in [-0.4, -0.2) is 44.7 Å². The number of rotatable bonds is 7. The van der Waals surface area contributed by atoms with E-state index in [2.05, 4.69) is 0 Å². The van der Waals surface area contributed by atoms with Gasteiger partial charge in [-0.1, -0.05) is 18.2 Å². The molecular weight excluding hydrogens is 476 g/mol. The molecule has 0 radical (unpaired) electrons. The van der Waals surface area contributed by atoms with E-state index in [0.29, 0.717) is 11.1 Å². The number of thioether (sulfide) groups is 1. The van der Waals surface area contributed by atoms with Crippen molar-refractivity contribution in [3.8, 4) is 11.5 Å². The average molecular weight is 499 g/mol. The zero-order valence-electron chi connectivity index (χ0n) is 17.7. The lowest BCUT2D eigenvalue weighted by molar-refractivity contribution is -0.122. The fourth-order valence-corrected chi connectivity index (χ4v) is 5.08. The Labute approximate surface area is 197 Å². The highest BCUT2D eigenvalue weighted by molar-refractivity contribution is 8.18. The maximum absolute atomic E-state index is 12.8. The summed E-state index contributed by atoms with van der Waals surface area (Å²) in [7, 11) is -2.70. The van der Waals surface area contributed by atoms with Crippen LogP contribution in [0.1, 0.15) is 16.7 Å². The van der Waals surface area contributed by atoms with Crippen molar-refractivity contribution in [2.24, 2.45) is 5.73 Å². The van der Waals surface area contributed by atoms with E-state index in [0.717, 1.165) is 22.2 Å². The smallest absolute Gasteiger partial charge is 0.339 e. The summed E-state index contributed by atoms with van der Waals surface area (Å²) in [5, 5.41) is -0.381. The summed E-state index contributed by atoms with van der Waals surface area (Å²) in [6.07, 6.45) is 1.53. The van der Waals surface area contributed by atoms with Crippen molar-refractivity contribution in [3.05, 3.63) is 58.0 Å². The number of amides is 2. The molecule has 0 atom stereocenters. The molecular formula is C21H23ClN2O6S2. The van der Waals surface area contributed by atoms with Crippen LogP contribution in [-0.2, 0) is 14.9 Å². The molecule has 3 rings (SSSR count). The van der Waals surface area contributed by atoms with Gasteiger partial charge in [0.25, 0.3) is 11.1 Å². The van der Waals surface area contributed by atoms with Crippen molar-refractivity contribution in [2.45, 2.75) is 18.7 Å². The molecule has 32 heavy (non-hydrogen) atoms. The number of carbonyl (C=O) groups is 2. The van der Waals surface area contributed by atoms with Crippen molar-refractivity contribution in [2.75, 3.05) is 20.2 Å². The van der Waals surface area contributed by atoms with E-state index in [1.54, 1.807) is 32.0 Å². The number of halogens is 1. The number of imide groups is 1. The number of methoxy groups -OCH3 is 1. The molecule has 0 aromatic heterocycles. The molecule has 1 heterocycles. The largest absolute Gasteiger partial charge is 0.493 e. The first kappa shape index (κ1) is 25.7. The van der Waals surface area contributed by atoms with Gasteiger partial charge in [0.1, 0.15) is 4.90 Å². The predicted octanol–water partition coefficient (Wildman–Crippen LogP) is 3.50. The average Bonchev–Trinajstić information content (AvgIpc) is 2.98. The van der Waals surface area contributed by atoms with Gasteiger partial charge >= 0.3 is 10.1 Å². The Hall–Kier alpha value is -2.53. The van der Waals surface area contributed by atoms with Crippen molar-refractivity contribution < 1.29 is 26.9 Å². The van der Waals surface area contributed by atoms with E-state index in [9.17, 15) is 18.0 Å². The highest BCUT2D eigenvalue weighted by atomic mass is 35.5. The maximum atomic E-state index is 12.8. The molecule has 1 fully saturated rings. The highest BCUT2D eigenvalue weighted by Crippen LogP contribution is 2.35. The van der Waals surface area contributed by atoms with Gasteiger partial charge in [0.15, 0.2) is 11.5 Å². The van der Waals surface area contributed by atoms with Crippen molar-refractivity contribution in [1.82, 2.24) is 4.90 Å². The van der Waals surface area contributed by atoms with Crippen LogP contribution < -0.4 is 14.7 Å². The molecule has 0 aliphatic carbocycles. The second kappa shape index (κ2) is 10.4. The Morgan fingerprint density at radius 1 is 1.09 bits per heavy atom. The molecule has 172 valence electrons. The normalized spacial score (nSPS) is 15.1. The van der Waals surface area contributed by atoms with Gasteiger partial charge in [-0.3, -0.25) is 14.5 Å². The van der Waals surface area contributed by atoms with Gasteiger partial charge < -0.3 is 14.7 Å². The molecule has 11 heteroatoms. The number of ether oxygens (including phenoxy) is 1. The van der Waals surface area contributed by atoms with E-state index in [1.165, 1.54) is 25.3 Å². The van der Waals surface area contributed by atoms with Crippen molar-refractivity contribution >= 4 is 51.5 Å². The van der Waals surface area contributed by atoms with Gasteiger partial charge in [0.05, 0.1) is 12.0 Å². The Bertz CT molecular complexity index is 1180. The van der Waals surface area contributed by atoms with Gasteiger partial charge in [0, 0.05) is 13.1 Å². The molecule has 2 aromatic carbocycles.